The van der Waals surface area contributed by atoms with Crippen molar-refractivity contribution in [3.05, 3.63) is 15.9 Å². The number of alkyl halides is 10. The van der Waals surface area contributed by atoms with Crippen LogP contribution in [0.2, 0.25) is 0 Å². The number of unbranched alkanes of at least 4 members (excludes halogenated alkanes) is 1. The van der Waals surface area contributed by atoms with E-state index < -0.39 is 42.9 Å². The fourth-order valence-electron chi connectivity index (χ4n) is 2.37. The average molecular weight is 549 g/mol. The topological polar surface area (TPSA) is 90.1 Å². The number of halogens is 10. The largest absolute Gasteiger partial charge is 0.467 e. The lowest BCUT2D eigenvalue weighted by molar-refractivity contribution is -1.01. The predicted octanol–water partition coefficient (Wildman–Crippen LogP) is 3.15. The van der Waals surface area contributed by atoms with Gasteiger partial charge < -0.3 is 4.13 Å². The number of quaternary nitrogens is 1. The van der Waals surface area contributed by atoms with Gasteiger partial charge in [-0.3, -0.25) is 0 Å². The van der Waals surface area contributed by atoms with E-state index in [9.17, 15) is 60.7 Å². The van der Waals surface area contributed by atoms with Gasteiger partial charge >= 0.3 is 22.9 Å². The highest BCUT2D eigenvalue weighted by molar-refractivity contribution is 8.13. The summed E-state index contributed by atoms with van der Waals surface area (Å²) >= 11 is 0. The van der Waals surface area contributed by atoms with E-state index >= 15 is 0 Å². The maximum Gasteiger partial charge on any atom is 0.467 e. The van der Waals surface area contributed by atoms with Crippen LogP contribution in [0.5, 0.6) is 0 Å². The second kappa shape index (κ2) is 10.1. The summed E-state index contributed by atoms with van der Waals surface area (Å²) < 4.78 is 161. The Bertz CT molecular complexity index is 860. The van der Waals surface area contributed by atoms with Gasteiger partial charge in [-0.05, 0) is 26.3 Å². The van der Waals surface area contributed by atoms with Gasteiger partial charge in [0.25, 0.3) is 0 Å². The molecule has 0 saturated heterocycles. The molecule has 1 aliphatic heterocycles. The van der Waals surface area contributed by atoms with Crippen LogP contribution >= 0.6 is 0 Å². The molecule has 0 aromatic heterocycles. The number of hydrogen-bond donors (Lipinski definition) is 1. The summed E-state index contributed by atoms with van der Waals surface area (Å²) in [5.41, 5.74) is 1.41. The van der Waals surface area contributed by atoms with Gasteiger partial charge in [-0.1, -0.05) is 13.3 Å². The highest BCUT2D eigenvalue weighted by Gasteiger charge is 2.68. The van der Waals surface area contributed by atoms with Crippen LogP contribution < -0.4 is 5.01 Å². The summed E-state index contributed by atoms with van der Waals surface area (Å²) in [5.74, 6) is 0. The lowest BCUT2D eigenvalue weighted by Crippen LogP contribution is -3.18. The lowest BCUT2D eigenvalue weighted by Gasteiger charge is -2.31. The van der Waals surface area contributed by atoms with Crippen molar-refractivity contribution < 1.29 is 65.7 Å². The summed E-state index contributed by atoms with van der Waals surface area (Å²) in [5, 5.41) is -10.0. The van der Waals surface area contributed by atoms with E-state index in [0.717, 1.165) is 0 Å². The van der Waals surface area contributed by atoms with E-state index in [4.69, 9.17) is 0 Å². The molecule has 19 heteroatoms. The summed E-state index contributed by atoms with van der Waals surface area (Å²) in [6.07, 6.45) is -9.03. The Morgan fingerprint density at radius 2 is 1.27 bits per heavy atom. The molecule has 0 aromatic carbocycles. The van der Waals surface area contributed by atoms with Gasteiger partial charge in [0, 0.05) is 0 Å². The number of rotatable bonds is 7. The standard InChI is InChI=1S/C10H20N2.C4F10NO4S2/c1-5-6-7-12-10(3)8-9(2)11(12)4;5-1(6,7)3(11,12)20(16,17)15-21(18,19)4(13,14)2(8,9)10/h8,10H,5-7H2,1-4H3;/q;-1/p+1. The molecular formula is C14H21F10N3O4S2. The molecule has 0 aromatic rings. The Labute approximate surface area is 183 Å². The van der Waals surface area contributed by atoms with Crippen molar-refractivity contribution in [1.82, 2.24) is 5.01 Å². The van der Waals surface area contributed by atoms with Crippen LogP contribution in [0.15, 0.2) is 11.8 Å². The molecule has 1 rings (SSSR count). The van der Waals surface area contributed by atoms with Crippen LogP contribution in [0.1, 0.15) is 33.6 Å². The first kappa shape index (κ1) is 31.7. The molecule has 1 N–H and O–H groups in total. The van der Waals surface area contributed by atoms with Gasteiger partial charge in [-0.2, -0.15) is 43.9 Å². The van der Waals surface area contributed by atoms with Crippen molar-refractivity contribution in [2.45, 2.75) is 62.5 Å². The van der Waals surface area contributed by atoms with Crippen molar-refractivity contribution in [3.63, 3.8) is 0 Å². The quantitative estimate of drug-likeness (QED) is 0.493. The zero-order valence-electron chi connectivity index (χ0n) is 17.4. The van der Waals surface area contributed by atoms with Crippen LogP contribution in [-0.4, -0.2) is 64.3 Å². The van der Waals surface area contributed by atoms with Crippen LogP contribution in [0, 0.1) is 0 Å². The molecule has 0 saturated carbocycles. The minimum absolute atomic E-state index is 0.422. The third-order valence-corrected chi connectivity index (χ3v) is 7.60. The molecular weight excluding hydrogens is 528 g/mol. The van der Waals surface area contributed by atoms with Crippen molar-refractivity contribution in [1.29, 1.82) is 0 Å². The molecule has 0 amide bonds. The monoisotopic (exact) mass is 549 g/mol. The Hall–Kier alpha value is -1.34. The van der Waals surface area contributed by atoms with E-state index in [1.807, 2.05) is 0 Å². The summed E-state index contributed by atoms with van der Waals surface area (Å²) in [7, 11) is -13.1. The van der Waals surface area contributed by atoms with Gasteiger partial charge in [-0.15, -0.1) is 0 Å². The Morgan fingerprint density at radius 1 is 0.909 bits per heavy atom. The second-order valence-electron chi connectivity index (χ2n) is 6.80. The van der Waals surface area contributed by atoms with Crippen LogP contribution in [0.3, 0.4) is 0 Å². The fourth-order valence-corrected chi connectivity index (χ4v) is 4.74. The number of nitrogens with zero attached hydrogens (tertiary/aromatic N) is 2. The number of nitrogens with one attached hydrogen (secondary N) is 1. The zero-order valence-corrected chi connectivity index (χ0v) is 19.0. The summed E-state index contributed by atoms with van der Waals surface area (Å²) in [4.78, 5) is 0. The van der Waals surface area contributed by atoms with Crippen LogP contribution in [-0.2, 0) is 20.0 Å². The van der Waals surface area contributed by atoms with E-state index in [1.165, 1.54) is 25.1 Å². The molecule has 0 radical (unpaired) electrons. The SMILES string of the molecule is CCCC[NH+]1C(C)C=C(C)N1C.O=S(=O)([N-]S(=O)(=O)C(F)(F)C(F)(F)F)C(F)(F)C(F)(F)F. The van der Waals surface area contributed by atoms with Crippen molar-refractivity contribution in [2.24, 2.45) is 0 Å². The number of allylic oxidation sites excluding steroid dienone is 1. The van der Waals surface area contributed by atoms with Gasteiger partial charge in [0.15, 0.2) is 20.0 Å². The lowest BCUT2D eigenvalue weighted by atomic mass is 10.3. The molecule has 198 valence electrons. The minimum atomic E-state index is -7.62. The smallest absolute Gasteiger partial charge is 0.425 e. The van der Waals surface area contributed by atoms with Crippen LogP contribution in [0.4, 0.5) is 43.9 Å². The molecule has 0 spiro atoms. The Morgan fingerprint density at radius 3 is 1.52 bits per heavy atom. The van der Waals surface area contributed by atoms with Gasteiger partial charge in [-0.25, -0.2) is 26.9 Å². The number of sulfonamides is 2. The van der Waals surface area contributed by atoms with Gasteiger partial charge in [0.05, 0.1) is 19.3 Å². The maximum absolute atomic E-state index is 12.3. The Balaban J connectivity index is 0.000000716. The average Bonchev–Trinajstić information content (AvgIpc) is 2.82. The zero-order chi connectivity index (χ0) is 26.8. The maximum atomic E-state index is 12.3. The normalized spacial score (nSPS) is 20.9. The highest BCUT2D eigenvalue weighted by Crippen LogP contribution is 2.47. The third kappa shape index (κ3) is 6.84. The molecule has 7 nitrogen and oxygen atoms in total. The van der Waals surface area contributed by atoms with E-state index in [1.54, 1.807) is 5.01 Å². The third-order valence-electron chi connectivity index (χ3n) is 4.27. The minimum Gasteiger partial charge on any atom is -0.425 e. The molecule has 1 heterocycles. The molecule has 2 atom stereocenters. The first-order valence-corrected chi connectivity index (χ1v) is 11.7. The van der Waals surface area contributed by atoms with Crippen molar-refractivity contribution in [2.75, 3.05) is 13.6 Å². The second-order valence-corrected chi connectivity index (χ2v) is 10.3. The number of hydrogen-bond acceptors (Lipinski definition) is 5. The molecule has 0 bridgehead atoms. The molecule has 33 heavy (non-hydrogen) atoms. The predicted molar refractivity (Wildman–Crippen MR) is 94.9 cm³/mol. The van der Waals surface area contributed by atoms with Gasteiger partial charge in [0.1, 0.15) is 6.04 Å². The van der Waals surface area contributed by atoms with Crippen LogP contribution in [0.25, 0.3) is 4.13 Å². The van der Waals surface area contributed by atoms with Crippen molar-refractivity contribution >= 4 is 20.0 Å². The first-order valence-electron chi connectivity index (χ1n) is 8.77. The molecule has 0 fully saturated rings. The van der Waals surface area contributed by atoms with E-state index in [-0.39, 0.29) is 0 Å². The molecule has 1 aliphatic rings. The van der Waals surface area contributed by atoms with Crippen molar-refractivity contribution in [3.8, 4) is 0 Å². The Kier molecular flexibility index (Phi) is 9.70. The summed E-state index contributed by atoms with van der Waals surface area (Å²) in [6, 6.07) is 0.668. The molecule has 0 aliphatic carbocycles. The van der Waals surface area contributed by atoms with E-state index in [2.05, 4.69) is 38.9 Å². The summed E-state index contributed by atoms with van der Waals surface area (Å²) in [6.45, 7) is 8.00. The van der Waals surface area contributed by atoms with Gasteiger partial charge in [0.2, 0.25) is 0 Å². The van der Waals surface area contributed by atoms with E-state index in [0.29, 0.717) is 10.2 Å². The first-order chi connectivity index (χ1) is 14.4. The highest BCUT2D eigenvalue weighted by atomic mass is 32.3. The molecule has 2 unspecified atom stereocenters. The fraction of sp³-hybridized carbons (Fsp3) is 0.857.